The first-order valence-electron chi connectivity index (χ1n) is 4.69. The van der Waals surface area contributed by atoms with Gasteiger partial charge in [0.2, 0.25) is 0 Å². The van der Waals surface area contributed by atoms with Gasteiger partial charge in [-0.2, -0.15) is 0 Å². The van der Waals surface area contributed by atoms with Gasteiger partial charge in [0.1, 0.15) is 0 Å². The maximum atomic E-state index is 3.33. The number of likely N-dealkylation sites (N-methyl/N-ethyl adjacent to an activating group) is 1. The molecular weight excluding hydrogens is 136 g/mol. The first kappa shape index (κ1) is 9.01. The first-order chi connectivity index (χ1) is 5.27. The van der Waals surface area contributed by atoms with Gasteiger partial charge in [0.15, 0.2) is 0 Å². The Morgan fingerprint density at radius 2 is 2.36 bits per heavy atom. The van der Waals surface area contributed by atoms with E-state index in [9.17, 15) is 0 Å². The normalized spacial score (nSPS) is 29.2. The number of hydrogen-bond donors (Lipinski definition) is 1. The van der Waals surface area contributed by atoms with Crippen LogP contribution in [0.25, 0.3) is 0 Å². The molecule has 1 aliphatic heterocycles. The minimum absolute atomic E-state index is 0.740. The Kier molecular flexibility index (Phi) is 3.34. The summed E-state index contributed by atoms with van der Waals surface area (Å²) in [5.41, 5.74) is 0. The summed E-state index contributed by atoms with van der Waals surface area (Å²) in [5, 5.41) is 3.33. The molecule has 1 rings (SSSR count). The van der Waals surface area contributed by atoms with Gasteiger partial charge < -0.3 is 5.32 Å². The maximum absolute atomic E-state index is 3.33. The lowest BCUT2D eigenvalue weighted by Gasteiger charge is -2.22. The highest BCUT2D eigenvalue weighted by Gasteiger charge is 2.23. The van der Waals surface area contributed by atoms with Gasteiger partial charge in [0.05, 0.1) is 0 Å². The summed E-state index contributed by atoms with van der Waals surface area (Å²) in [6, 6.07) is 1.51. The Balaban J connectivity index is 2.29. The third-order valence-electron chi connectivity index (χ3n) is 2.84. The van der Waals surface area contributed by atoms with Crippen molar-refractivity contribution in [3.05, 3.63) is 0 Å². The summed E-state index contributed by atoms with van der Waals surface area (Å²) in [6.45, 7) is 7.10. The van der Waals surface area contributed by atoms with Crippen molar-refractivity contribution in [2.75, 3.05) is 20.1 Å². The quantitative estimate of drug-likeness (QED) is 0.658. The fraction of sp³-hybridized carbons (Fsp3) is 1.00. The van der Waals surface area contributed by atoms with Gasteiger partial charge in [-0.1, -0.05) is 6.92 Å². The van der Waals surface area contributed by atoms with Gasteiger partial charge in [-0.15, -0.1) is 0 Å². The van der Waals surface area contributed by atoms with Crippen LogP contribution in [0.3, 0.4) is 0 Å². The molecule has 2 nitrogen and oxygen atoms in total. The molecule has 0 spiro atoms. The van der Waals surface area contributed by atoms with Gasteiger partial charge in [-0.3, -0.25) is 4.90 Å². The molecule has 66 valence electrons. The van der Waals surface area contributed by atoms with Crippen LogP contribution in [-0.4, -0.2) is 37.1 Å². The Morgan fingerprint density at radius 1 is 1.64 bits per heavy atom. The zero-order chi connectivity index (χ0) is 8.27. The van der Waals surface area contributed by atoms with Crippen LogP contribution in [0.15, 0.2) is 0 Å². The molecule has 1 heterocycles. The molecule has 2 atom stereocenters. The molecule has 0 aromatic rings. The SMILES string of the molecule is CCC(C)N1CCC(NC)C1. The predicted octanol–water partition coefficient (Wildman–Crippen LogP) is 1.08. The molecule has 0 amide bonds. The lowest BCUT2D eigenvalue weighted by atomic mass is 10.2. The molecule has 1 saturated heterocycles. The monoisotopic (exact) mass is 156 g/mol. The van der Waals surface area contributed by atoms with E-state index in [1.165, 1.54) is 25.9 Å². The Morgan fingerprint density at radius 3 is 2.82 bits per heavy atom. The van der Waals surface area contributed by atoms with Crippen molar-refractivity contribution < 1.29 is 0 Å². The zero-order valence-electron chi connectivity index (χ0n) is 7.93. The summed E-state index contributed by atoms with van der Waals surface area (Å²) in [7, 11) is 2.06. The lowest BCUT2D eigenvalue weighted by Crippen LogP contribution is -2.34. The van der Waals surface area contributed by atoms with Crippen LogP contribution in [0.1, 0.15) is 26.7 Å². The lowest BCUT2D eigenvalue weighted by molar-refractivity contribution is 0.247. The van der Waals surface area contributed by atoms with Crippen LogP contribution in [0.4, 0.5) is 0 Å². The van der Waals surface area contributed by atoms with Gasteiger partial charge in [0.25, 0.3) is 0 Å². The summed E-state index contributed by atoms with van der Waals surface area (Å²) in [5.74, 6) is 0. The average Bonchev–Trinajstić information content (AvgIpc) is 2.50. The van der Waals surface area contributed by atoms with Crippen LogP contribution < -0.4 is 5.32 Å². The topological polar surface area (TPSA) is 15.3 Å². The highest BCUT2D eigenvalue weighted by atomic mass is 15.2. The van der Waals surface area contributed by atoms with E-state index in [0.29, 0.717) is 0 Å². The Hall–Kier alpha value is -0.0800. The standard InChI is InChI=1S/C9H20N2/c1-4-8(2)11-6-5-9(7-11)10-3/h8-10H,4-7H2,1-3H3. The maximum Gasteiger partial charge on any atom is 0.0204 e. The van der Waals surface area contributed by atoms with Crippen LogP contribution in [0.5, 0.6) is 0 Å². The summed E-state index contributed by atoms with van der Waals surface area (Å²) < 4.78 is 0. The molecule has 0 bridgehead atoms. The first-order valence-corrected chi connectivity index (χ1v) is 4.69. The highest BCUT2D eigenvalue weighted by Crippen LogP contribution is 2.13. The van der Waals surface area contributed by atoms with Crippen LogP contribution in [0, 0.1) is 0 Å². The molecule has 2 unspecified atom stereocenters. The van der Waals surface area contributed by atoms with Gasteiger partial charge in [-0.25, -0.2) is 0 Å². The molecule has 1 N–H and O–H groups in total. The van der Waals surface area contributed by atoms with E-state index in [4.69, 9.17) is 0 Å². The minimum atomic E-state index is 0.740. The van der Waals surface area contributed by atoms with Crippen molar-refractivity contribution in [3.63, 3.8) is 0 Å². The molecule has 0 aliphatic carbocycles. The Bertz CT molecular complexity index is 114. The number of nitrogens with zero attached hydrogens (tertiary/aromatic N) is 1. The molecule has 1 fully saturated rings. The molecule has 2 heteroatoms. The van der Waals surface area contributed by atoms with Gasteiger partial charge in [-0.05, 0) is 26.8 Å². The molecule has 0 aromatic carbocycles. The van der Waals surface area contributed by atoms with E-state index in [0.717, 1.165) is 12.1 Å². The number of likely N-dealkylation sites (tertiary alicyclic amines) is 1. The van der Waals surface area contributed by atoms with Crippen molar-refractivity contribution in [2.45, 2.75) is 38.8 Å². The van der Waals surface area contributed by atoms with E-state index in [1.807, 2.05) is 0 Å². The van der Waals surface area contributed by atoms with Crippen molar-refractivity contribution in [1.82, 2.24) is 10.2 Å². The van der Waals surface area contributed by atoms with Crippen LogP contribution in [0.2, 0.25) is 0 Å². The fourth-order valence-electron chi connectivity index (χ4n) is 1.68. The predicted molar refractivity (Wildman–Crippen MR) is 48.8 cm³/mol. The smallest absolute Gasteiger partial charge is 0.0204 e. The van der Waals surface area contributed by atoms with Crippen LogP contribution in [-0.2, 0) is 0 Å². The van der Waals surface area contributed by atoms with Gasteiger partial charge >= 0.3 is 0 Å². The zero-order valence-corrected chi connectivity index (χ0v) is 7.93. The second-order valence-corrected chi connectivity index (χ2v) is 3.53. The van der Waals surface area contributed by atoms with E-state index in [2.05, 4.69) is 31.1 Å². The highest BCUT2D eigenvalue weighted by molar-refractivity contribution is 4.82. The molecule has 0 aromatic heterocycles. The fourth-order valence-corrected chi connectivity index (χ4v) is 1.68. The number of nitrogens with one attached hydrogen (secondary N) is 1. The van der Waals surface area contributed by atoms with E-state index in [-0.39, 0.29) is 0 Å². The number of hydrogen-bond acceptors (Lipinski definition) is 2. The summed E-state index contributed by atoms with van der Waals surface area (Å²) in [4.78, 5) is 2.57. The second-order valence-electron chi connectivity index (χ2n) is 3.53. The Labute approximate surface area is 70.0 Å². The van der Waals surface area contributed by atoms with Gasteiger partial charge in [0, 0.05) is 25.2 Å². The van der Waals surface area contributed by atoms with Crippen LogP contribution >= 0.6 is 0 Å². The van der Waals surface area contributed by atoms with Crippen molar-refractivity contribution in [1.29, 1.82) is 0 Å². The van der Waals surface area contributed by atoms with Crippen molar-refractivity contribution >= 4 is 0 Å². The third-order valence-corrected chi connectivity index (χ3v) is 2.84. The van der Waals surface area contributed by atoms with E-state index < -0.39 is 0 Å². The van der Waals surface area contributed by atoms with Crippen molar-refractivity contribution in [3.8, 4) is 0 Å². The molecule has 11 heavy (non-hydrogen) atoms. The van der Waals surface area contributed by atoms with E-state index >= 15 is 0 Å². The average molecular weight is 156 g/mol. The molecule has 0 radical (unpaired) electrons. The number of rotatable bonds is 3. The second kappa shape index (κ2) is 4.07. The molecular formula is C9H20N2. The minimum Gasteiger partial charge on any atom is -0.316 e. The molecule has 1 aliphatic rings. The molecule has 0 saturated carbocycles. The third kappa shape index (κ3) is 2.17. The summed E-state index contributed by atoms with van der Waals surface area (Å²) >= 11 is 0. The summed E-state index contributed by atoms with van der Waals surface area (Å²) in [6.07, 6.45) is 2.59. The largest absolute Gasteiger partial charge is 0.316 e. The van der Waals surface area contributed by atoms with Crippen molar-refractivity contribution in [2.24, 2.45) is 0 Å². The van der Waals surface area contributed by atoms with E-state index in [1.54, 1.807) is 0 Å².